The highest BCUT2D eigenvalue weighted by Gasteiger charge is 2.13. The SMILES string of the molecule is Cc1cc2nc(-c3ccccc3)cc(Nc3ccc(C(=O)N(C)Cc4cccnc4)cc3)n2n1. The molecule has 0 aliphatic rings. The second-order valence-electron chi connectivity index (χ2n) is 8.17. The zero-order valence-corrected chi connectivity index (χ0v) is 19.0. The molecule has 5 rings (SSSR count). The molecule has 0 saturated carbocycles. The summed E-state index contributed by atoms with van der Waals surface area (Å²) in [5.41, 5.74) is 6.01. The Kier molecular flexibility index (Phi) is 5.74. The van der Waals surface area contributed by atoms with Gasteiger partial charge in [0.05, 0.1) is 11.4 Å². The highest BCUT2D eigenvalue weighted by Crippen LogP contribution is 2.25. The van der Waals surface area contributed by atoms with Gasteiger partial charge in [-0.3, -0.25) is 9.78 Å². The number of rotatable bonds is 6. The molecule has 3 aromatic heterocycles. The Morgan fingerprint density at radius 2 is 1.79 bits per heavy atom. The van der Waals surface area contributed by atoms with E-state index >= 15 is 0 Å². The van der Waals surface area contributed by atoms with Crippen LogP contribution in [0.1, 0.15) is 21.6 Å². The van der Waals surface area contributed by atoms with Crippen LogP contribution in [0.5, 0.6) is 0 Å². The summed E-state index contributed by atoms with van der Waals surface area (Å²) in [6.45, 7) is 2.45. The molecule has 0 atom stereocenters. The van der Waals surface area contributed by atoms with Gasteiger partial charge in [-0.05, 0) is 42.8 Å². The standard InChI is InChI=1S/C27H24N6O/c1-19-15-25-30-24(21-8-4-3-5-9-21)16-26(33(25)31-19)29-23-12-10-22(11-13-23)27(34)32(2)18-20-7-6-14-28-17-20/h3-17,29H,18H2,1-2H3. The lowest BCUT2D eigenvalue weighted by atomic mass is 10.1. The van der Waals surface area contributed by atoms with Crippen molar-refractivity contribution in [2.75, 3.05) is 12.4 Å². The lowest BCUT2D eigenvalue weighted by Gasteiger charge is -2.17. The van der Waals surface area contributed by atoms with Crippen LogP contribution < -0.4 is 5.32 Å². The van der Waals surface area contributed by atoms with Crippen LogP contribution in [0.25, 0.3) is 16.9 Å². The van der Waals surface area contributed by atoms with Crippen LogP contribution in [0.15, 0.2) is 91.3 Å². The van der Waals surface area contributed by atoms with E-state index in [2.05, 4.69) is 15.4 Å². The Hall–Kier alpha value is -4.52. The Bertz CT molecular complexity index is 1430. The van der Waals surface area contributed by atoms with Gasteiger partial charge in [-0.15, -0.1) is 0 Å². The zero-order chi connectivity index (χ0) is 23.5. The first-order chi connectivity index (χ1) is 16.6. The molecule has 7 nitrogen and oxygen atoms in total. The molecule has 0 unspecified atom stereocenters. The van der Waals surface area contributed by atoms with Gasteiger partial charge < -0.3 is 10.2 Å². The average molecular weight is 449 g/mol. The fourth-order valence-electron chi connectivity index (χ4n) is 3.84. The monoisotopic (exact) mass is 448 g/mol. The molecule has 0 fully saturated rings. The van der Waals surface area contributed by atoms with E-state index in [1.54, 1.807) is 28.9 Å². The largest absolute Gasteiger partial charge is 0.340 e. The summed E-state index contributed by atoms with van der Waals surface area (Å²) in [6.07, 6.45) is 3.49. The zero-order valence-electron chi connectivity index (χ0n) is 19.0. The molecule has 0 radical (unpaired) electrons. The maximum absolute atomic E-state index is 12.9. The number of pyridine rings is 1. The van der Waals surface area contributed by atoms with E-state index in [4.69, 9.17) is 4.98 Å². The number of hydrogen-bond donors (Lipinski definition) is 1. The molecule has 0 bridgehead atoms. The van der Waals surface area contributed by atoms with Crippen molar-refractivity contribution >= 4 is 23.1 Å². The summed E-state index contributed by atoms with van der Waals surface area (Å²) >= 11 is 0. The molecule has 7 heteroatoms. The molecular weight excluding hydrogens is 424 g/mol. The number of carbonyl (C=O) groups is 1. The Morgan fingerprint density at radius 3 is 2.53 bits per heavy atom. The van der Waals surface area contributed by atoms with Crippen LogP contribution in [0, 0.1) is 6.92 Å². The minimum atomic E-state index is -0.0456. The number of carbonyl (C=O) groups excluding carboxylic acids is 1. The van der Waals surface area contributed by atoms with Gasteiger partial charge in [0.2, 0.25) is 0 Å². The number of fused-ring (bicyclic) bond motifs is 1. The molecule has 0 saturated heterocycles. The molecule has 3 heterocycles. The maximum atomic E-state index is 12.9. The van der Waals surface area contributed by atoms with E-state index in [0.29, 0.717) is 12.1 Å². The third-order valence-corrected chi connectivity index (χ3v) is 5.51. The van der Waals surface area contributed by atoms with E-state index < -0.39 is 0 Å². The van der Waals surface area contributed by atoms with Crippen molar-refractivity contribution in [3.8, 4) is 11.3 Å². The number of nitrogens with one attached hydrogen (secondary N) is 1. The Balaban J connectivity index is 1.38. The van der Waals surface area contributed by atoms with Crippen molar-refractivity contribution in [2.45, 2.75) is 13.5 Å². The highest BCUT2D eigenvalue weighted by molar-refractivity contribution is 5.94. The molecule has 0 spiro atoms. The topological polar surface area (TPSA) is 75.4 Å². The van der Waals surface area contributed by atoms with Crippen LogP contribution in [-0.4, -0.2) is 37.4 Å². The number of amides is 1. The molecule has 34 heavy (non-hydrogen) atoms. The average Bonchev–Trinajstić information content (AvgIpc) is 3.25. The number of nitrogens with zero attached hydrogens (tertiary/aromatic N) is 5. The quantitative estimate of drug-likeness (QED) is 0.390. The van der Waals surface area contributed by atoms with Crippen molar-refractivity contribution in [3.63, 3.8) is 0 Å². The van der Waals surface area contributed by atoms with Gasteiger partial charge in [-0.1, -0.05) is 36.4 Å². The van der Waals surface area contributed by atoms with Crippen molar-refractivity contribution in [2.24, 2.45) is 0 Å². The van der Waals surface area contributed by atoms with Crippen LogP contribution in [0.3, 0.4) is 0 Å². The first-order valence-corrected chi connectivity index (χ1v) is 11.0. The van der Waals surface area contributed by atoms with Crippen LogP contribution in [0.4, 0.5) is 11.5 Å². The lowest BCUT2D eigenvalue weighted by Crippen LogP contribution is -2.26. The highest BCUT2D eigenvalue weighted by atomic mass is 16.2. The summed E-state index contributed by atoms with van der Waals surface area (Å²) in [5.74, 6) is 0.750. The number of aryl methyl sites for hydroxylation is 1. The smallest absolute Gasteiger partial charge is 0.253 e. The molecule has 2 aromatic carbocycles. The molecule has 1 amide bonds. The van der Waals surface area contributed by atoms with E-state index in [0.717, 1.165) is 39.7 Å². The molecule has 1 N–H and O–H groups in total. The van der Waals surface area contributed by atoms with Crippen LogP contribution in [-0.2, 0) is 6.54 Å². The molecular formula is C27H24N6O. The summed E-state index contributed by atoms with van der Waals surface area (Å²) < 4.78 is 1.79. The fraction of sp³-hybridized carbons (Fsp3) is 0.111. The van der Waals surface area contributed by atoms with Gasteiger partial charge in [0.15, 0.2) is 5.65 Å². The minimum absolute atomic E-state index is 0.0456. The van der Waals surface area contributed by atoms with Crippen LogP contribution in [0.2, 0.25) is 0 Å². The van der Waals surface area contributed by atoms with E-state index in [-0.39, 0.29) is 5.91 Å². The lowest BCUT2D eigenvalue weighted by molar-refractivity contribution is 0.0785. The Labute approximate surface area is 197 Å². The van der Waals surface area contributed by atoms with E-state index in [1.807, 2.05) is 85.8 Å². The van der Waals surface area contributed by atoms with E-state index in [1.165, 1.54) is 0 Å². The first kappa shape index (κ1) is 21.3. The van der Waals surface area contributed by atoms with Gasteiger partial charge in [0.1, 0.15) is 5.82 Å². The van der Waals surface area contributed by atoms with E-state index in [9.17, 15) is 4.79 Å². The first-order valence-electron chi connectivity index (χ1n) is 11.0. The number of aromatic nitrogens is 4. The third-order valence-electron chi connectivity index (χ3n) is 5.51. The fourth-order valence-corrected chi connectivity index (χ4v) is 3.84. The normalized spacial score (nSPS) is 10.9. The summed E-state index contributed by atoms with van der Waals surface area (Å²) in [6, 6.07) is 25.3. The van der Waals surface area contributed by atoms with Crippen molar-refractivity contribution in [3.05, 3.63) is 108 Å². The number of benzene rings is 2. The minimum Gasteiger partial charge on any atom is -0.340 e. The predicted octanol–water partition coefficient (Wildman–Crippen LogP) is 5.12. The Morgan fingerprint density at radius 1 is 1.00 bits per heavy atom. The van der Waals surface area contributed by atoms with Gasteiger partial charge in [-0.25, -0.2) is 4.98 Å². The van der Waals surface area contributed by atoms with Gasteiger partial charge >= 0.3 is 0 Å². The van der Waals surface area contributed by atoms with Crippen molar-refractivity contribution < 1.29 is 4.79 Å². The molecule has 5 aromatic rings. The van der Waals surface area contributed by atoms with Crippen molar-refractivity contribution in [1.82, 2.24) is 24.5 Å². The maximum Gasteiger partial charge on any atom is 0.253 e. The number of hydrogen-bond acceptors (Lipinski definition) is 5. The van der Waals surface area contributed by atoms with Gasteiger partial charge in [-0.2, -0.15) is 9.61 Å². The molecule has 0 aliphatic carbocycles. The summed E-state index contributed by atoms with van der Waals surface area (Å²) in [5, 5.41) is 8.01. The predicted molar refractivity (Wildman–Crippen MR) is 133 cm³/mol. The second kappa shape index (κ2) is 9.15. The third kappa shape index (κ3) is 4.49. The number of anilines is 2. The van der Waals surface area contributed by atoms with Gasteiger partial charge in [0, 0.05) is 54.9 Å². The molecule has 168 valence electrons. The summed E-state index contributed by atoms with van der Waals surface area (Å²) in [4.78, 5) is 23.4. The second-order valence-corrected chi connectivity index (χ2v) is 8.17. The van der Waals surface area contributed by atoms with Crippen LogP contribution >= 0.6 is 0 Å². The summed E-state index contributed by atoms with van der Waals surface area (Å²) in [7, 11) is 1.79. The molecule has 0 aliphatic heterocycles. The van der Waals surface area contributed by atoms with Crippen molar-refractivity contribution in [1.29, 1.82) is 0 Å². The van der Waals surface area contributed by atoms with Gasteiger partial charge in [0.25, 0.3) is 5.91 Å².